The Bertz CT molecular complexity index is 2160. The molecule has 0 atom stereocenters. The quantitative estimate of drug-likeness (QED) is 0.211. The highest BCUT2D eigenvalue weighted by Crippen LogP contribution is 2.42. The number of anilines is 3. The van der Waals surface area contributed by atoms with Gasteiger partial charge in [0.15, 0.2) is 5.13 Å². The molecule has 3 heteroatoms. The summed E-state index contributed by atoms with van der Waals surface area (Å²) >= 11 is 1.73. The van der Waals surface area contributed by atoms with Gasteiger partial charge in [0.1, 0.15) is 0 Å². The molecule has 0 aliphatic carbocycles. The Morgan fingerprint density at radius 3 is 1.93 bits per heavy atom. The SMILES string of the molecule is c1ccc(N(c2ccc(-c3cccc4ccccc34)cc2)c2nc3c(ccc4c5ccccc5ccc43)s2)cc1. The van der Waals surface area contributed by atoms with Gasteiger partial charge in [-0.3, -0.25) is 4.90 Å². The molecule has 7 aromatic carbocycles. The van der Waals surface area contributed by atoms with E-state index in [0.29, 0.717) is 0 Å². The molecule has 188 valence electrons. The second-order valence-electron chi connectivity index (χ2n) is 10.0. The van der Waals surface area contributed by atoms with Crippen LogP contribution in [-0.4, -0.2) is 4.98 Å². The van der Waals surface area contributed by atoms with Crippen LogP contribution in [0.4, 0.5) is 16.5 Å². The molecule has 0 radical (unpaired) electrons. The van der Waals surface area contributed by atoms with Crippen molar-refractivity contribution in [2.24, 2.45) is 0 Å². The molecule has 1 aromatic heterocycles. The van der Waals surface area contributed by atoms with Crippen molar-refractivity contribution in [1.29, 1.82) is 0 Å². The minimum Gasteiger partial charge on any atom is -0.286 e. The molecule has 0 saturated heterocycles. The van der Waals surface area contributed by atoms with Crippen LogP contribution in [0.25, 0.3) is 53.7 Å². The van der Waals surface area contributed by atoms with Gasteiger partial charge < -0.3 is 0 Å². The van der Waals surface area contributed by atoms with Crippen LogP contribution in [-0.2, 0) is 0 Å². The van der Waals surface area contributed by atoms with Crippen molar-refractivity contribution >= 4 is 70.4 Å². The maximum absolute atomic E-state index is 5.27. The van der Waals surface area contributed by atoms with Crippen molar-refractivity contribution in [2.75, 3.05) is 4.90 Å². The third-order valence-electron chi connectivity index (χ3n) is 7.70. The Labute approximate surface area is 236 Å². The molecule has 0 bridgehead atoms. The summed E-state index contributed by atoms with van der Waals surface area (Å²) in [6.07, 6.45) is 0. The third-order valence-corrected chi connectivity index (χ3v) is 8.71. The van der Waals surface area contributed by atoms with E-state index in [2.05, 4.69) is 150 Å². The molecule has 0 spiro atoms. The fraction of sp³-hybridized carbons (Fsp3) is 0. The first kappa shape index (κ1) is 22.9. The Morgan fingerprint density at radius 1 is 0.450 bits per heavy atom. The highest BCUT2D eigenvalue weighted by atomic mass is 32.1. The molecule has 2 nitrogen and oxygen atoms in total. The van der Waals surface area contributed by atoms with E-state index in [1.54, 1.807) is 11.3 Å². The van der Waals surface area contributed by atoms with Gasteiger partial charge in [-0.1, -0.05) is 127 Å². The smallest absolute Gasteiger partial charge is 0.195 e. The predicted molar refractivity (Wildman–Crippen MR) is 172 cm³/mol. The van der Waals surface area contributed by atoms with Gasteiger partial charge in [-0.05, 0) is 68.4 Å². The molecule has 40 heavy (non-hydrogen) atoms. The lowest BCUT2D eigenvalue weighted by Crippen LogP contribution is -2.09. The number of para-hydroxylation sites is 1. The van der Waals surface area contributed by atoms with Crippen molar-refractivity contribution in [1.82, 2.24) is 4.98 Å². The summed E-state index contributed by atoms with van der Waals surface area (Å²) in [6.45, 7) is 0. The van der Waals surface area contributed by atoms with E-state index in [1.165, 1.54) is 48.1 Å². The highest BCUT2D eigenvalue weighted by Gasteiger charge is 2.18. The van der Waals surface area contributed by atoms with Crippen molar-refractivity contribution in [3.63, 3.8) is 0 Å². The minimum absolute atomic E-state index is 0.958. The molecule has 0 N–H and O–H groups in total. The van der Waals surface area contributed by atoms with E-state index in [-0.39, 0.29) is 0 Å². The predicted octanol–water partition coefficient (Wildman–Crippen LogP) is 10.9. The number of thiazole rings is 1. The summed E-state index contributed by atoms with van der Waals surface area (Å²) in [7, 11) is 0. The van der Waals surface area contributed by atoms with Gasteiger partial charge in [0.05, 0.1) is 10.2 Å². The first-order valence-electron chi connectivity index (χ1n) is 13.5. The Hall–Kier alpha value is -4.99. The van der Waals surface area contributed by atoms with Gasteiger partial charge >= 0.3 is 0 Å². The number of fused-ring (bicyclic) bond motifs is 6. The number of hydrogen-bond acceptors (Lipinski definition) is 3. The topological polar surface area (TPSA) is 16.1 Å². The van der Waals surface area contributed by atoms with Crippen LogP contribution in [0, 0.1) is 0 Å². The average molecular weight is 529 g/mol. The molecule has 0 aliphatic rings. The van der Waals surface area contributed by atoms with Crippen molar-refractivity contribution in [3.8, 4) is 11.1 Å². The summed E-state index contributed by atoms with van der Waals surface area (Å²) in [5.41, 5.74) is 5.68. The van der Waals surface area contributed by atoms with E-state index >= 15 is 0 Å². The highest BCUT2D eigenvalue weighted by molar-refractivity contribution is 7.22. The minimum atomic E-state index is 0.958. The summed E-state index contributed by atoms with van der Waals surface area (Å²) in [6, 6.07) is 51.9. The van der Waals surface area contributed by atoms with Crippen LogP contribution in [0.15, 0.2) is 146 Å². The summed E-state index contributed by atoms with van der Waals surface area (Å²) in [5.74, 6) is 0. The number of hydrogen-bond donors (Lipinski definition) is 0. The van der Waals surface area contributed by atoms with E-state index < -0.39 is 0 Å². The zero-order chi connectivity index (χ0) is 26.5. The third kappa shape index (κ3) is 3.75. The van der Waals surface area contributed by atoms with Crippen LogP contribution in [0.3, 0.4) is 0 Å². The van der Waals surface area contributed by atoms with Gasteiger partial charge in [0, 0.05) is 16.8 Å². The fourth-order valence-corrected chi connectivity index (χ4v) is 6.80. The molecule has 0 aliphatic heterocycles. The van der Waals surface area contributed by atoms with Crippen molar-refractivity contribution < 1.29 is 0 Å². The molecule has 8 rings (SSSR count). The van der Waals surface area contributed by atoms with Gasteiger partial charge in [-0.25, -0.2) is 4.98 Å². The average Bonchev–Trinajstić information content (AvgIpc) is 3.46. The van der Waals surface area contributed by atoms with Crippen LogP contribution in [0.5, 0.6) is 0 Å². The number of nitrogens with zero attached hydrogens (tertiary/aromatic N) is 2. The summed E-state index contributed by atoms with van der Waals surface area (Å²) < 4.78 is 1.19. The lowest BCUT2D eigenvalue weighted by atomic mass is 9.98. The Balaban J connectivity index is 1.27. The zero-order valence-electron chi connectivity index (χ0n) is 21.7. The first-order chi connectivity index (χ1) is 19.8. The maximum atomic E-state index is 5.27. The van der Waals surface area contributed by atoms with E-state index in [1.807, 2.05) is 0 Å². The Kier molecular flexibility index (Phi) is 5.35. The second kappa shape index (κ2) is 9.33. The van der Waals surface area contributed by atoms with Crippen molar-refractivity contribution in [3.05, 3.63) is 146 Å². The lowest BCUT2D eigenvalue weighted by molar-refractivity contribution is 1.25. The monoisotopic (exact) mass is 528 g/mol. The lowest BCUT2D eigenvalue weighted by Gasteiger charge is -2.22. The van der Waals surface area contributed by atoms with E-state index in [0.717, 1.165) is 22.0 Å². The fourth-order valence-electron chi connectivity index (χ4n) is 5.78. The molecule has 0 amide bonds. The van der Waals surface area contributed by atoms with E-state index in [9.17, 15) is 0 Å². The largest absolute Gasteiger partial charge is 0.286 e. The van der Waals surface area contributed by atoms with Gasteiger partial charge in [-0.15, -0.1) is 0 Å². The summed E-state index contributed by atoms with van der Waals surface area (Å²) in [4.78, 5) is 7.54. The normalized spacial score (nSPS) is 11.5. The van der Waals surface area contributed by atoms with Crippen LogP contribution >= 0.6 is 11.3 Å². The van der Waals surface area contributed by atoms with Gasteiger partial charge in [0.25, 0.3) is 0 Å². The van der Waals surface area contributed by atoms with E-state index in [4.69, 9.17) is 4.98 Å². The molecule has 1 heterocycles. The van der Waals surface area contributed by atoms with Crippen LogP contribution in [0.2, 0.25) is 0 Å². The zero-order valence-corrected chi connectivity index (χ0v) is 22.5. The molecule has 0 fully saturated rings. The van der Waals surface area contributed by atoms with Crippen LogP contribution < -0.4 is 4.90 Å². The molecule has 0 saturated carbocycles. The number of aromatic nitrogens is 1. The van der Waals surface area contributed by atoms with Gasteiger partial charge in [0.2, 0.25) is 0 Å². The van der Waals surface area contributed by atoms with Gasteiger partial charge in [-0.2, -0.15) is 0 Å². The summed E-state index contributed by atoms with van der Waals surface area (Å²) in [5, 5.41) is 8.43. The standard InChI is InChI=1S/C37H24N2S/c1-2-12-28(13-3-1)39(29-20-17-27(18-21-29)31-16-8-11-25-9-4-6-14-30(25)31)37-38-36-34-22-19-26-10-5-7-15-32(26)33(34)23-24-35(36)40-37/h1-24H. The number of rotatable bonds is 4. The Morgan fingerprint density at radius 2 is 1.10 bits per heavy atom. The number of benzene rings is 7. The maximum Gasteiger partial charge on any atom is 0.195 e. The molecular formula is C37H24N2S. The molecule has 0 unspecified atom stereocenters. The molecular weight excluding hydrogens is 504 g/mol. The first-order valence-corrected chi connectivity index (χ1v) is 14.3. The second-order valence-corrected chi connectivity index (χ2v) is 11.0. The van der Waals surface area contributed by atoms with Crippen LogP contribution in [0.1, 0.15) is 0 Å². The molecule has 8 aromatic rings. The van der Waals surface area contributed by atoms with Crippen molar-refractivity contribution in [2.45, 2.75) is 0 Å².